The fraction of sp³-hybridized carbons (Fsp3) is 0.600. The molecule has 2 aromatic rings. The molecule has 4 N–H and O–H groups in total. The standard InChI is InChI=1S/C15H25N4O5P/c1-3-23-25(22,24-4-2)6-5-12(9-20)16-7-11-8-17-14-13(11)18-10-19-15(14)21/h8,10,12,16-17,20H,3-7,9H2,1-2H3,(H,18,19,21). The van der Waals surface area contributed by atoms with Crippen LogP contribution in [0.1, 0.15) is 25.8 Å². The molecule has 1 unspecified atom stereocenters. The highest BCUT2D eigenvalue weighted by atomic mass is 31.2. The first-order valence-corrected chi connectivity index (χ1v) is 10.0. The topological polar surface area (TPSA) is 129 Å². The number of aromatic nitrogens is 3. The lowest BCUT2D eigenvalue weighted by atomic mass is 10.2. The Morgan fingerprint density at radius 1 is 1.32 bits per heavy atom. The van der Waals surface area contributed by atoms with Gasteiger partial charge in [0.25, 0.3) is 5.56 Å². The molecule has 1 atom stereocenters. The summed E-state index contributed by atoms with van der Waals surface area (Å²) in [6.45, 7) is 4.44. The number of aromatic amines is 2. The second-order valence-corrected chi connectivity index (χ2v) is 7.67. The van der Waals surface area contributed by atoms with Crippen LogP contribution in [0.2, 0.25) is 0 Å². The van der Waals surface area contributed by atoms with Crippen molar-refractivity contribution in [2.24, 2.45) is 0 Å². The van der Waals surface area contributed by atoms with Crippen LogP contribution in [0.25, 0.3) is 11.0 Å². The zero-order valence-electron chi connectivity index (χ0n) is 14.4. The number of hydrogen-bond acceptors (Lipinski definition) is 7. The fourth-order valence-electron chi connectivity index (χ4n) is 2.53. The molecule has 2 rings (SSSR count). The average molecular weight is 372 g/mol. The summed E-state index contributed by atoms with van der Waals surface area (Å²) in [4.78, 5) is 21.2. The Balaban J connectivity index is 1.96. The molecule has 0 aromatic carbocycles. The summed E-state index contributed by atoms with van der Waals surface area (Å²) in [5.41, 5.74) is 1.58. The van der Waals surface area contributed by atoms with Gasteiger partial charge in [-0.05, 0) is 20.3 Å². The van der Waals surface area contributed by atoms with Gasteiger partial charge in [0, 0.05) is 24.3 Å². The normalized spacial score (nSPS) is 13.4. The molecular weight excluding hydrogens is 347 g/mol. The van der Waals surface area contributed by atoms with Gasteiger partial charge < -0.3 is 29.4 Å². The highest BCUT2D eigenvalue weighted by molar-refractivity contribution is 7.53. The second kappa shape index (κ2) is 9.26. The molecule has 0 saturated heterocycles. The number of nitrogens with zero attached hydrogens (tertiary/aromatic N) is 1. The lowest BCUT2D eigenvalue weighted by molar-refractivity contribution is 0.211. The number of H-pyrrole nitrogens is 2. The van der Waals surface area contributed by atoms with Gasteiger partial charge in [-0.1, -0.05) is 0 Å². The minimum absolute atomic E-state index is 0.116. The summed E-state index contributed by atoms with van der Waals surface area (Å²) in [5.74, 6) is 0. The first-order valence-electron chi connectivity index (χ1n) is 8.29. The third-order valence-corrected chi connectivity index (χ3v) is 5.86. The monoisotopic (exact) mass is 372 g/mol. The van der Waals surface area contributed by atoms with Crippen molar-refractivity contribution in [2.45, 2.75) is 32.9 Å². The Labute approximate surface area is 145 Å². The highest BCUT2D eigenvalue weighted by Crippen LogP contribution is 2.48. The van der Waals surface area contributed by atoms with Crippen LogP contribution in [0.3, 0.4) is 0 Å². The van der Waals surface area contributed by atoms with E-state index in [2.05, 4.69) is 20.3 Å². The van der Waals surface area contributed by atoms with Gasteiger partial charge in [-0.15, -0.1) is 0 Å². The van der Waals surface area contributed by atoms with E-state index in [0.717, 1.165) is 5.56 Å². The van der Waals surface area contributed by atoms with Gasteiger partial charge in [0.2, 0.25) is 0 Å². The number of aliphatic hydroxyl groups is 1. The maximum Gasteiger partial charge on any atom is 0.330 e. The zero-order chi connectivity index (χ0) is 18.3. The predicted molar refractivity (Wildman–Crippen MR) is 94.8 cm³/mol. The van der Waals surface area contributed by atoms with E-state index < -0.39 is 7.60 Å². The summed E-state index contributed by atoms with van der Waals surface area (Å²) < 4.78 is 23.0. The number of hydrogen-bond donors (Lipinski definition) is 4. The lowest BCUT2D eigenvalue weighted by Crippen LogP contribution is -2.33. The van der Waals surface area contributed by atoms with Gasteiger partial charge in [0.1, 0.15) is 5.52 Å². The molecule has 25 heavy (non-hydrogen) atoms. The number of rotatable bonds is 11. The predicted octanol–water partition coefficient (Wildman–Crippen LogP) is 1.36. The van der Waals surface area contributed by atoms with Crippen molar-refractivity contribution in [3.05, 3.63) is 28.4 Å². The van der Waals surface area contributed by atoms with Crippen molar-refractivity contribution in [3.63, 3.8) is 0 Å². The highest BCUT2D eigenvalue weighted by Gasteiger charge is 2.25. The maximum absolute atomic E-state index is 12.5. The molecular formula is C15H25N4O5P. The molecule has 0 aliphatic carbocycles. The Kier molecular flexibility index (Phi) is 7.34. The minimum atomic E-state index is -3.13. The SMILES string of the molecule is CCOP(=O)(CCC(CO)NCc1c[nH]c2c(=O)[nH]cnc12)OCC. The van der Waals surface area contributed by atoms with E-state index >= 15 is 0 Å². The van der Waals surface area contributed by atoms with Crippen molar-refractivity contribution >= 4 is 18.6 Å². The van der Waals surface area contributed by atoms with Crippen LogP contribution >= 0.6 is 7.60 Å². The quantitative estimate of drug-likeness (QED) is 0.438. The van der Waals surface area contributed by atoms with Crippen molar-refractivity contribution in [1.82, 2.24) is 20.3 Å². The summed E-state index contributed by atoms with van der Waals surface area (Å²) in [7, 11) is -3.13. The van der Waals surface area contributed by atoms with Crippen LogP contribution in [-0.4, -0.2) is 52.1 Å². The van der Waals surface area contributed by atoms with Crippen molar-refractivity contribution in [1.29, 1.82) is 0 Å². The van der Waals surface area contributed by atoms with Gasteiger partial charge in [-0.2, -0.15) is 0 Å². The van der Waals surface area contributed by atoms with Gasteiger partial charge >= 0.3 is 7.60 Å². The van der Waals surface area contributed by atoms with Gasteiger partial charge in [-0.25, -0.2) is 4.98 Å². The zero-order valence-corrected chi connectivity index (χ0v) is 15.3. The van der Waals surface area contributed by atoms with E-state index in [9.17, 15) is 14.5 Å². The Morgan fingerprint density at radius 3 is 2.68 bits per heavy atom. The van der Waals surface area contributed by atoms with Crippen molar-refractivity contribution in [2.75, 3.05) is 26.0 Å². The van der Waals surface area contributed by atoms with Crippen LogP contribution < -0.4 is 10.9 Å². The van der Waals surface area contributed by atoms with Gasteiger partial charge in [0.05, 0.1) is 37.8 Å². The molecule has 2 aromatic heterocycles. The third kappa shape index (κ3) is 5.23. The molecule has 0 amide bonds. The largest absolute Gasteiger partial charge is 0.395 e. The molecule has 0 aliphatic rings. The summed E-state index contributed by atoms with van der Waals surface area (Å²) >= 11 is 0. The molecule has 0 bridgehead atoms. The third-order valence-electron chi connectivity index (χ3n) is 3.75. The molecule has 0 fully saturated rings. The first kappa shape index (κ1) is 19.8. The number of nitrogens with one attached hydrogen (secondary N) is 3. The first-order chi connectivity index (χ1) is 12.0. The van der Waals surface area contributed by atoms with Gasteiger partial charge in [-0.3, -0.25) is 9.36 Å². The fourth-order valence-corrected chi connectivity index (χ4v) is 4.27. The molecule has 140 valence electrons. The Hall–Kier alpha value is -1.51. The molecule has 9 nitrogen and oxygen atoms in total. The second-order valence-electron chi connectivity index (χ2n) is 5.49. The van der Waals surface area contributed by atoms with Crippen LogP contribution in [-0.2, 0) is 20.2 Å². The molecule has 2 heterocycles. The van der Waals surface area contributed by atoms with Crippen LogP contribution in [0, 0.1) is 0 Å². The van der Waals surface area contributed by atoms with E-state index in [1.54, 1.807) is 20.0 Å². The minimum Gasteiger partial charge on any atom is -0.395 e. The average Bonchev–Trinajstić information content (AvgIpc) is 3.00. The molecule has 0 saturated carbocycles. The van der Waals surface area contributed by atoms with Crippen LogP contribution in [0.4, 0.5) is 0 Å². The molecule has 0 spiro atoms. The molecule has 0 aliphatic heterocycles. The van der Waals surface area contributed by atoms with Crippen molar-refractivity contribution in [3.8, 4) is 0 Å². The summed E-state index contributed by atoms with van der Waals surface area (Å²) in [5, 5.41) is 12.7. The van der Waals surface area contributed by atoms with Crippen LogP contribution in [0.15, 0.2) is 17.3 Å². The Bertz CT molecular complexity index is 765. The summed E-state index contributed by atoms with van der Waals surface area (Å²) in [6.07, 6.45) is 3.72. The molecule has 10 heteroatoms. The van der Waals surface area contributed by atoms with Gasteiger partial charge in [0.15, 0.2) is 0 Å². The number of aliphatic hydroxyl groups excluding tert-OH is 1. The smallest absolute Gasteiger partial charge is 0.330 e. The summed E-state index contributed by atoms with van der Waals surface area (Å²) in [6, 6.07) is -0.277. The van der Waals surface area contributed by atoms with E-state index in [4.69, 9.17) is 9.05 Å². The molecule has 0 radical (unpaired) electrons. The van der Waals surface area contributed by atoms with E-state index in [1.165, 1.54) is 6.33 Å². The maximum atomic E-state index is 12.5. The van der Waals surface area contributed by atoms with E-state index in [0.29, 0.717) is 37.2 Å². The van der Waals surface area contributed by atoms with E-state index in [1.807, 2.05) is 0 Å². The van der Waals surface area contributed by atoms with Crippen LogP contribution in [0.5, 0.6) is 0 Å². The lowest BCUT2D eigenvalue weighted by Gasteiger charge is -2.20. The van der Waals surface area contributed by atoms with E-state index in [-0.39, 0.29) is 24.4 Å². The number of fused-ring (bicyclic) bond motifs is 1. The van der Waals surface area contributed by atoms with Crippen molar-refractivity contribution < 1.29 is 18.7 Å². The Morgan fingerprint density at radius 2 is 2.04 bits per heavy atom.